The van der Waals surface area contributed by atoms with Crippen molar-refractivity contribution in [3.05, 3.63) is 18.0 Å². The number of aromatic nitrogens is 1. The van der Waals surface area contributed by atoms with Gasteiger partial charge in [0.2, 0.25) is 0 Å². The van der Waals surface area contributed by atoms with Gasteiger partial charge in [0, 0.05) is 19.3 Å². The summed E-state index contributed by atoms with van der Waals surface area (Å²) in [5.41, 5.74) is 6.90. The van der Waals surface area contributed by atoms with Crippen LogP contribution in [-0.4, -0.2) is 16.5 Å². The number of nitrogen functional groups attached to an aromatic ring is 1. The van der Waals surface area contributed by atoms with Gasteiger partial charge in [0.15, 0.2) is 0 Å². The smallest absolute Gasteiger partial charge is 0.268 e. The number of nitrogens with one attached hydrogen (secondary N) is 1. The van der Waals surface area contributed by atoms with Crippen molar-refractivity contribution >= 4 is 11.6 Å². The van der Waals surface area contributed by atoms with Crippen molar-refractivity contribution in [1.29, 1.82) is 0 Å². The average Bonchev–Trinajstić information content (AvgIpc) is 2.75. The monoisotopic (exact) mass is 207 g/mol. The summed E-state index contributed by atoms with van der Waals surface area (Å²) in [7, 11) is 1.83. The van der Waals surface area contributed by atoms with E-state index in [-0.39, 0.29) is 5.91 Å². The minimum Gasteiger partial charge on any atom is -0.397 e. The van der Waals surface area contributed by atoms with Crippen molar-refractivity contribution in [2.45, 2.75) is 31.7 Å². The average molecular weight is 207 g/mol. The maximum atomic E-state index is 11.8. The minimum absolute atomic E-state index is 0.0129. The zero-order valence-corrected chi connectivity index (χ0v) is 8.99. The molecule has 0 aliphatic heterocycles. The van der Waals surface area contributed by atoms with Crippen LogP contribution in [0.1, 0.15) is 36.2 Å². The topological polar surface area (TPSA) is 60.0 Å². The third-order valence-corrected chi connectivity index (χ3v) is 2.95. The van der Waals surface area contributed by atoms with Crippen LogP contribution in [0.3, 0.4) is 0 Å². The molecule has 0 spiro atoms. The van der Waals surface area contributed by atoms with Gasteiger partial charge in [-0.2, -0.15) is 0 Å². The molecule has 82 valence electrons. The summed E-state index contributed by atoms with van der Waals surface area (Å²) in [6, 6.07) is 2.07. The molecular formula is C11H17N3O. The number of amides is 1. The van der Waals surface area contributed by atoms with Crippen molar-refractivity contribution in [3.63, 3.8) is 0 Å². The molecular weight excluding hydrogens is 190 g/mol. The molecule has 4 heteroatoms. The number of aryl methyl sites for hydroxylation is 1. The number of hydrogen-bond donors (Lipinski definition) is 2. The largest absolute Gasteiger partial charge is 0.397 e. The molecule has 2 rings (SSSR count). The minimum atomic E-state index is -0.0129. The first-order valence-corrected chi connectivity index (χ1v) is 5.39. The molecule has 1 aliphatic carbocycles. The van der Waals surface area contributed by atoms with Crippen LogP contribution in [-0.2, 0) is 7.05 Å². The van der Waals surface area contributed by atoms with Crippen molar-refractivity contribution < 1.29 is 4.79 Å². The lowest BCUT2D eigenvalue weighted by molar-refractivity contribution is 0.0929. The second kappa shape index (κ2) is 3.96. The van der Waals surface area contributed by atoms with E-state index < -0.39 is 0 Å². The molecule has 0 saturated heterocycles. The third-order valence-electron chi connectivity index (χ3n) is 2.95. The van der Waals surface area contributed by atoms with Crippen LogP contribution >= 0.6 is 0 Å². The number of carbonyl (C=O) groups is 1. The van der Waals surface area contributed by atoms with Crippen LogP contribution in [0, 0.1) is 0 Å². The highest BCUT2D eigenvalue weighted by atomic mass is 16.2. The van der Waals surface area contributed by atoms with E-state index >= 15 is 0 Å². The van der Waals surface area contributed by atoms with Crippen molar-refractivity contribution in [3.8, 4) is 0 Å². The van der Waals surface area contributed by atoms with Crippen LogP contribution in [0.25, 0.3) is 0 Å². The van der Waals surface area contributed by atoms with Gasteiger partial charge in [-0.1, -0.05) is 12.8 Å². The molecule has 1 fully saturated rings. The van der Waals surface area contributed by atoms with Crippen LogP contribution in [0.2, 0.25) is 0 Å². The van der Waals surface area contributed by atoms with Crippen molar-refractivity contribution in [2.75, 3.05) is 5.73 Å². The summed E-state index contributed by atoms with van der Waals surface area (Å²) in [6.07, 6.45) is 6.40. The first-order valence-electron chi connectivity index (χ1n) is 5.39. The summed E-state index contributed by atoms with van der Waals surface area (Å²) >= 11 is 0. The molecule has 4 nitrogen and oxygen atoms in total. The molecule has 0 unspecified atom stereocenters. The fraction of sp³-hybridized carbons (Fsp3) is 0.545. The molecule has 1 aromatic rings. The molecule has 15 heavy (non-hydrogen) atoms. The Morgan fingerprint density at radius 2 is 2.20 bits per heavy atom. The predicted molar refractivity (Wildman–Crippen MR) is 59.5 cm³/mol. The Labute approximate surface area is 89.5 Å². The Balaban J connectivity index is 2.03. The van der Waals surface area contributed by atoms with Gasteiger partial charge in [-0.05, 0) is 18.9 Å². The predicted octanol–water partition coefficient (Wildman–Crippen LogP) is 1.28. The van der Waals surface area contributed by atoms with Gasteiger partial charge >= 0.3 is 0 Å². The molecule has 0 radical (unpaired) electrons. The molecule has 0 aromatic carbocycles. The molecule has 1 amide bonds. The molecule has 3 N–H and O–H groups in total. The number of hydrogen-bond acceptors (Lipinski definition) is 2. The number of rotatable bonds is 2. The molecule has 0 atom stereocenters. The SMILES string of the molecule is Cn1cc(N)cc1C(=O)NC1CCCC1. The van der Waals surface area contributed by atoms with Gasteiger partial charge in [-0.25, -0.2) is 0 Å². The van der Waals surface area contributed by atoms with Gasteiger partial charge in [0.25, 0.3) is 5.91 Å². The highest BCUT2D eigenvalue weighted by Gasteiger charge is 2.19. The molecule has 1 aliphatic rings. The Bertz CT molecular complexity index is 364. The number of anilines is 1. The Morgan fingerprint density at radius 3 is 2.73 bits per heavy atom. The van der Waals surface area contributed by atoms with E-state index in [1.54, 1.807) is 16.8 Å². The molecule has 0 bridgehead atoms. The van der Waals surface area contributed by atoms with Crippen LogP contribution in [0.4, 0.5) is 5.69 Å². The van der Waals surface area contributed by atoms with Gasteiger partial charge in [-0.3, -0.25) is 4.79 Å². The summed E-state index contributed by atoms with van der Waals surface area (Å²) in [4.78, 5) is 11.8. The lowest BCUT2D eigenvalue weighted by Gasteiger charge is -2.11. The van der Waals surface area contributed by atoms with E-state index in [4.69, 9.17) is 5.73 Å². The first-order chi connectivity index (χ1) is 7.16. The fourth-order valence-corrected chi connectivity index (χ4v) is 2.15. The Hall–Kier alpha value is -1.45. The van der Waals surface area contributed by atoms with Gasteiger partial charge in [-0.15, -0.1) is 0 Å². The second-order valence-electron chi connectivity index (χ2n) is 4.22. The number of nitrogens with zero attached hydrogens (tertiary/aromatic N) is 1. The zero-order chi connectivity index (χ0) is 10.8. The zero-order valence-electron chi connectivity index (χ0n) is 8.99. The van der Waals surface area contributed by atoms with E-state index in [1.165, 1.54) is 12.8 Å². The van der Waals surface area contributed by atoms with E-state index in [2.05, 4.69) is 5.32 Å². The Morgan fingerprint density at radius 1 is 1.53 bits per heavy atom. The summed E-state index contributed by atoms with van der Waals surface area (Å²) in [6.45, 7) is 0. The van der Waals surface area contributed by atoms with E-state index in [0.717, 1.165) is 12.8 Å². The quantitative estimate of drug-likeness (QED) is 0.767. The van der Waals surface area contributed by atoms with Crippen LogP contribution < -0.4 is 11.1 Å². The maximum Gasteiger partial charge on any atom is 0.268 e. The maximum absolute atomic E-state index is 11.8. The number of nitrogens with two attached hydrogens (primary N) is 1. The van der Waals surface area contributed by atoms with Crippen molar-refractivity contribution in [2.24, 2.45) is 7.05 Å². The fourth-order valence-electron chi connectivity index (χ4n) is 2.15. The summed E-state index contributed by atoms with van der Waals surface area (Å²) in [5, 5.41) is 3.03. The van der Waals surface area contributed by atoms with E-state index in [1.807, 2.05) is 7.05 Å². The first kappa shape index (κ1) is 10.1. The van der Waals surface area contributed by atoms with Gasteiger partial charge in [0.05, 0.1) is 5.69 Å². The summed E-state index contributed by atoms with van der Waals surface area (Å²) < 4.78 is 1.76. The highest BCUT2D eigenvalue weighted by molar-refractivity contribution is 5.93. The van der Waals surface area contributed by atoms with Crippen LogP contribution in [0.15, 0.2) is 12.3 Å². The lowest BCUT2D eigenvalue weighted by Crippen LogP contribution is -2.33. The van der Waals surface area contributed by atoms with E-state index in [0.29, 0.717) is 17.4 Å². The molecule has 1 heterocycles. The van der Waals surface area contributed by atoms with Gasteiger partial charge in [0.1, 0.15) is 5.69 Å². The summed E-state index contributed by atoms with van der Waals surface area (Å²) in [5.74, 6) is -0.0129. The normalized spacial score (nSPS) is 16.9. The highest BCUT2D eigenvalue weighted by Crippen LogP contribution is 2.18. The van der Waals surface area contributed by atoms with E-state index in [9.17, 15) is 4.79 Å². The third kappa shape index (κ3) is 2.14. The molecule has 1 aromatic heterocycles. The lowest BCUT2D eigenvalue weighted by atomic mass is 10.2. The second-order valence-corrected chi connectivity index (χ2v) is 4.22. The van der Waals surface area contributed by atoms with Gasteiger partial charge < -0.3 is 15.6 Å². The van der Waals surface area contributed by atoms with Crippen LogP contribution in [0.5, 0.6) is 0 Å². The standard InChI is InChI=1S/C11H17N3O/c1-14-7-8(12)6-10(14)11(15)13-9-4-2-3-5-9/h6-7,9H,2-5,12H2,1H3,(H,13,15). The Kier molecular flexibility index (Phi) is 2.66. The van der Waals surface area contributed by atoms with Crippen molar-refractivity contribution in [1.82, 2.24) is 9.88 Å². The molecule has 1 saturated carbocycles. The number of carbonyl (C=O) groups excluding carboxylic acids is 1.